The number of rotatable bonds is 2. The number of aryl methyl sites for hydroxylation is 1. The molecule has 0 atom stereocenters. The monoisotopic (exact) mass is 279 g/mol. The molecule has 0 spiro atoms. The molecule has 6 heteroatoms. The van der Waals surface area contributed by atoms with E-state index in [1.54, 1.807) is 0 Å². The molecule has 2 N–H and O–H groups in total. The van der Waals surface area contributed by atoms with Crippen molar-refractivity contribution in [3.8, 4) is 11.3 Å². The molecule has 0 amide bonds. The van der Waals surface area contributed by atoms with Gasteiger partial charge in [-0.25, -0.2) is 14.5 Å². The highest BCUT2D eigenvalue weighted by molar-refractivity contribution is 5.83. The summed E-state index contributed by atoms with van der Waals surface area (Å²) < 4.78 is 1.87. The van der Waals surface area contributed by atoms with Crippen LogP contribution in [0.3, 0.4) is 0 Å². The van der Waals surface area contributed by atoms with Gasteiger partial charge in [0.15, 0.2) is 5.65 Å². The van der Waals surface area contributed by atoms with Crippen LogP contribution in [-0.2, 0) is 6.54 Å². The van der Waals surface area contributed by atoms with Crippen molar-refractivity contribution in [3.63, 3.8) is 0 Å². The summed E-state index contributed by atoms with van der Waals surface area (Å²) in [6.07, 6.45) is 1.82. The summed E-state index contributed by atoms with van der Waals surface area (Å²) in [6, 6.07) is 9.74. The topological polar surface area (TPSA) is 79.4 Å². The van der Waals surface area contributed by atoms with Crippen molar-refractivity contribution in [3.05, 3.63) is 47.0 Å². The Hall–Kier alpha value is -2.89. The zero-order valence-corrected chi connectivity index (χ0v) is 11.4. The molecule has 0 radical (unpaired) electrons. The van der Waals surface area contributed by atoms with Gasteiger partial charge in [0.25, 0.3) is 0 Å². The molecule has 0 fully saturated rings. The predicted molar refractivity (Wildman–Crippen MR) is 81.1 cm³/mol. The van der Waals surface area contributed by atoms with Crippen molar-refractivity contribution in [1.29, 1.82) is 0 Å². The average Bonchev–Trinajstić information content (AvgIpc) is 3.07. The van der Waals surface area contributed by atoms with Crippen molar-refractivity contribution >= 4 is 22.1 Å². The molecule has 3 heterocycles. The van der Waals surface area contributed by atoms with E-state index in [0.29, 0.717) is 0 Å². The molecule has 0 aliphatic heterocycles. The van der Waals surface area contributed by atoms with Crippen molar-refractivity contribution in [2.24, 2.45) is 0 Å². The lowest BCUT2D eigenvalue weighted by atomic mass is 10.1. The average molecular weight is 279 g/mol. The summed E-state index contributed by atoms with van der Waals surface area (Å²) in [7, 11) is 0. The highest BCUT2D eigenvalue weighted by Gasteiger charge is 2.07. The van der Waals surface area contributed by atoms with Crippen LogP contribution in [-0.4, -0.2) is 24.7 Å². The minimum absolute atomic E-state index is 0.199. The molecule has 0 aliphatic rings. The largest absolute Gasteiger partial charge is 0.323 e. The van der Waals surface area contributed by atoms with Crippen LogP contribution in [0.5, 0.6) is 0 Å². The van der Waals surface area contributed by atoms with Gasteiger partial charge in [-0.15, -0.1) is 0 Å². The lowest BCUT2D eigenvalue weighted by Crippen LogP contribution is -1.99. The van der Waals surface area contributed by atoms with E-state index in [1.807, 2.05) is 48.1 Å². The standard InChI is InChI=1S/C15H13N5O/c1-2-20-14-10(8-16-20)4-5-11(17-14)9-3-6-12-13(7-9)19-15(21)18-12/h3-8H,2H2,1H3,(H2,18,19,21). The first-order chi connectivity index (χ1) is 10.2. The van der Waals surface area contributed by atoms with Gasteiger partial charge < -0.3 is 9.97 Å². The molecule has 6 nitrogen and oxygen atoms in total. The summed E-state index contributed by atoms with van der Waals surface area (Å²) >= 11 is 0. The second kappa shape index (κ2) is 4.31. The molecule has 21 heavy (non-hydrogen) atoms. The Balaban J connectivity index is 1.92. The first-order valence-electron chi connectivity index (χ1n) is 6.79. The summed E-state index contributed by atoms with van der Waals surface area (Å²) in [4.78, 5) is 21.5. The van der Waals surface area contributed by atoms with E-state index in [0.717, 1.165) is 39.9 Å². The van der Waals surface area contributed by atoms with Crippen molar-refractivity contribution in [2.45, 2.75) is 13.5 Å². The smallest absolute Gasteiger partial charge is 0.306 e. The number of H-pyrrole nitrogens is 2. The third-order valence-electron chi connectivity index (χ3n) is 3.60. The van der Waals surface area contributed by atoms with Crippen LogP contribution >= 0.6 is 0 Å². The molecule has 4 rings (SSSR count). The maximum Gasteiger partial charge on any atom is 0.323 e. The molecular weight excluding hydrogens is 266 g/mol. The molecular formula is C15H13N5O. The SMILES string of the molecule is CCn1ncc2ccc(-c3ccc4[nH]c(=O)[nH]c4c3)nc21. The van der Waals surface area contributed by atoms with E-state index in [2.05, 4.69) is 20.1 Å². The molecule has 4 aromatic rings. The number of hydrogen-bond donors (Lipinski definition) is 2. The van der Waals surface area contributed by atoms with Crippen LogP contribution in [0.4, 0.5) is 0 Å². The second-order valence-corrected chi connectivity index (χ2v) is 4.91. The van der Waals surface area contributed by atoms with E-state index in [1.165, 1.54) is 0 Å². The summed E-state index contributed by atoms with van der Waals surface area (Å²) in [5.74, 6) is 0. The lowest BCUT2D eigenvalue weighted by Gasteiger charge is -2.03. The molecule has 0 saturated carbocycles. The zero-order valence-electron chi connectivity index (χ0n) is 11.4. The van der Waals surface area contributed by atoms with Gasteiger partial charge in [0.1, 0.15) is 0 Å². The molecule has 0 aliphatic carbocycles. The Morgan fingerprint density at radius 1 is 1.14 bits per heavy atom. The Morgan fingerprint density at radius 3 is 2.86 bits per heavy atom. The lowest BCUT2D eigenvalue weighted by molar-refractivity contribution is 0.677. The van der Waals surface area contributed by atoms with Gasteiger partial charge in [-0.2, -0.15) is 5.10 Å². The molecule has 1 aromatic carbocycles. The van der Waals surface area contributed by atoms with Gasteiger partial charge in [-0.05, 0) is 31.2 Å². The Kier molecular flexibility index (Phi) is 2.44. The number of benzene rings is 1. The highest BCUT2D eigenvalue weighted by Crippen LogP contribution is 2.23. The fourth-order valence-corrected chi connectivity index (χ4v) is 2.54. The molecule has 104 valence electrons. The van der Waals surface area contributed by atoms with Gasteiger partial charge >= 0.3 is 5.69 Å². The van der Waals surface area contributed by atoms with Gasteiger partial charge in [0, 0.05) is 17.5 Å². The first kappa shape index (κ1) is 11.9. The molecule has 3 aromatic heterocycles. The molecule has 0 saturated heterocycles. The van der Waals surface area contributed by atoms with E-state index in [4.69, 9.17) is 0 Å². The maximum absolute atomic E-state index is 11.3. The number of hydrogen-bond acceptors (Lipinski definition) is 3. The number of pyridine rings is 1. The minimum atomic E-state index is -0.199. The fourth-order valence-electron chi connectivity index (χ4n) is 2.54. The van der Waals surface area contributed by atoms with E-state index < -0.39 is 0 Å². The number of nitrogens with one attached hydrogen (secondary N) is 2. The number of aromatic amines is 2. The quantitative estimate of drug-likeness (QED) is 0.591. The number of aromatic nitrogens is 5. The summed E-state index contributed by atoms with van der Waals surface area (Å²) in [6.45, 7) is 2.82. The van der Waals surface area contributed by atoms with Crippen LogP contribution in [0.1, 0.15) is 6.92 Å². The van der Waals surface area contributed by atoms with Crippen LogP contribution in [0, 0.1) is 0 Å². The first-order valence-corrected chi connectivity index (χ1v) is 6.79. The second-order valence-electron chi connectivity index (χ2n) is 4.91. The Bertz CT molecular complexity index is 1010. The van der Waals surface area contributed by atoms with Crippen molar-refractivity contribution < 1.29 is 0 Å². The Labute approximate surface area is 119 Å². The third-order valence-corrected chi connectivity index (χ3v) is 3.60. The van der Waals surface area contributed by atoms with Gasteiger partial charge in [0.05, 0.1) is 22.9 Å². The van der Waals surface area contributed by atoms with Crippen LogP contribution in [0.2, 0.25) is 0 Å². The summed E-state index contributed by atoms with van der Waals surface area (Å²) in [5, 5.41) is 5.33. The molecule has 0 bridgehead atoms. The molecule has 0 unspecified atom stereocenters. The number of nitrogens with zero attached hydrogens (tertiary/aromatic N) is 3. The van der Waals surface area contributed by atoms with E-state index in [-0.39, 0.29) is 5.69 Å². The third kappa shape index (κ3) is 1.84. The van der Waals surface area contributed by atoms with Crippen molar-refractivity contribution in [2.75, 3.05) is 0 Å². The van der Waals surface area contributed by atoms with E-state index >= 15 is 0 Å². The van der Waals surface area contributed by atoms with Gasteiger partial charge in [-0.3, -0.25) is 0 Å². The van der Waals surface area contributed by atoms with Gasteiger partial charge in [-0.1, -0.05) is 6.07 Å². The van der Waals surface area contributed by atoms with E-state index in [9.17, 15) is 4.79 Å². The number of fused-ring (bicyclic) bond motifs is 2. The van der Waals surface area contributed by atoms with Crippen LogP contribution in [0.25, 0.3) is 33.3 Å². The van der Waals surface area contributed by atoms with Gasteiger partial charge in [0.2, 0.25) is 0 Å². The fraction of sp³-hybridized carbons (Fsp3) is 0.133. The predicted octanol–water partition coefficient (Wildman–Crippen LogP) is 2.29. The normalized spacial score (nSPS) is 11.5. The minimum Gasteiger partial charge on any atom is -0.306 e. The number of imidazole rings is 1. The summed E-state index contributed by atoms with van der Waals surface area (Å²) in [5.41, 5.74) is 4.07. The Morgan fingerprint density at radius 2 is 2.00 bits per heavy atom. The highest BCUT2D eigenvalue weighted by atomic mass is 16.1. The van der Waals surface area contributed by atoms with Crippen LogP contribution < -0.4 is 5.69 Å². The maximum atomic E-state index is 11.3. The zero-order chi connectivity index (χ0) is 14.4. The van der Waals surface area contributed by atoms with Crippen molar-refractivity contribution in [1.82, 2.24) is 24.7 Å². The van der Waals surface area contributed by atoms with Crippen LogP contribution in [0.15, 0.2) is 41.3 Å².